The normalized spacial score (nSPS) is 27.2. The maximum absolute atomic E-state index is 12.1. The van der Waals surface area contributed by atoms with Crippen LogP contribution in [0.3, 0.4) is 0 Å². The quantitative estimate of drug-likeness (QED) is 0.890. The van der Waals surface area contributed by atoms with Crippen molar-refractivity contribution in [1.82, 2.24) is 0 Å². The van der Waals surface area contributed by atoms with Crippen LogP contribution in [-0.2, 0) is 9.53 Å². The molecule has 3 unspecified atom stereocenters. The summed E-state index contributed by atoms with van der Waals surface area (Å²) in [5.74, 6) is 0.929. The van der Waals surface area contributed by atoms with Gasteiger partial charge < -0.3 is 20.5 Å². The Morgan fingerprint density at radius 3 is 2.59 bits per heavy atom. The number of benzene rings is 1. The standard InChI is InChI=1S/C16H22N2O3.ClH/c17-12-2-1-11(9-12)16(19)18-13-3-5-14(6-4-13)21-15-7-8-20-10-15;/h3-6,11-12,15H,1-2,7-10,17H2,(H,18,19);1H. The Balaban J connectivity index is 0.00000176. The molecule has 5 nitrogen and oxygen atoms in total. The van der Waals surface area contributed by atoms with Gasteiger partial charge in [0.15, 0.2) is 0 Å². The van der Waals surface area contributed by atoms with Crippen LogP contribution in [0.25, 0.3) is 0 Å². The number of anilines is 1. The minimum absolute atomic E-state index is 0. The van der Waals surface area contributed by atoms with Crippen molar-refractivity contribution < 1.29 is 14.3 Å². The second kappa shape index (κ2) is 7.81. The number of hydrogen-bond acceptors (Lipinski definition) is 4. The van der Waals surface area contributed by atoms with Crippen molar-refractivity contribution in [3.63, 3.8) is 0 Å². The van der Waals surface area contributed by atoms with Gasteiger partial charge in [-0.25, -0.2) is 0 Å². The molecule has 6 heteroatoms. The van der Waals surface area contributed by atoms with Crippen molar-refractivity contribution in [2.45, 2.75) is 37.8 Å². The number of hydrogen-bond donors (Lipinski definition) is 2. The molecule has 0 radical (unpaired) electrons. The van der Waals surface area contributed by atoms with Crippen LogP contribution in [-0.4, -0.2) is 31.3 Å². The van der Waals surface area contributed by atoms with Gasteiger partial charge in [0, 0.05) is 24.1 Å². The van der Waals surface area contributed by atoms with Gasteiger partial charge in [-0.3, -0.25) is 4.79 Å². The molecule has 1 aliphatic heterocycles. The number of halogens is 1. The number of rotatable bonds is 4. The predicted molar refractivity (Wildman–Crippen MR) is 87.5 cm³/mol. The van der Waals surface area contributed by atoms with E-state index in [1.807, 2.05) is 24.3 Å². The van der Waals surface area contributed by atoms with Gasteiger partial charge in [0.2, 0.25) is 5.91 Å². The fourth-order valence-corrected chi connectivity index (χ4v) is 2.91. The summed E-state index contributed by atoms with van der Waals surface area (Å²) in [5.41, 5.74) is 6.65. The summed E-state index contributed by atoms with van der Waals surface area (Å²) in [6, 6.07) is 7.68. The summed E-state index contributed by atoms with van der Waals surface area (Å²) < 4.78 is 11.1. The van der Waals surface area contributed by atoms with E-state index in [0.29, 0.717) is 6.61 Å². The van der Waals surface area contributed by atoms with Crippen LogP contribution in [0.1, 0.15) is 25.7 Å². The molecule has 2 aliphatic rings. The molecule has 22 heavy (non-hydrogen) atoms. The van der Waals surface area contributed by atoms with E-state index in [2.05, 4.69) is 5.32 Å². The molecule has 1 aromatic carbocycles. The monoisotopic (exact) mass is 326 g/mol. The van der Waals surface area contributed by atoms with Gasteiger partial charge in [-0.2, -0.15) is 0 Å². The molecule has 1 heterocycles. The van der Waals surface area contributed by atoms with Crippen LogP contribution >= 0.6 is 12.4 Å². The Labute approximate surface area is 137 Å². The highest BCUT2D eigenvalue weighted by molar-refractivity contribution is 5.92. The number of carbonyl (C=O) groups is 1. The van der Waals surface area contributed by atoms with E-state index in [-0.39, 0.29) is 36.4 Å². The van der Waals surface area contributed by atoms with Crippen LogP contribution in [0.5, 0.6) is 5.75 Å². The highest BCUT2D eigenvalue weighted by Gasteiger charge is 2.27. The average Bonchev–Trinajstić information content (AvgIpc) is 3.12. The fourth-order valence-electron chi connectivity index (χ4n) is 2.91. The average molecular weight is 327 g/mol. The lowest BCUT2D eigenvalue weighted by Crippen LogP contribution is -2.23. The van der Waals surface area contributed by atoms with Gasteiger partial charge in [-0.05, 0) is 43.5 Å². The number of amides is 1. The lowest BCUT2D eigenvalue weighted by molar-refractivity contribution is -0.119. The Morgan fingerprint density at radius 1 is 1.23 bits per heavy atom. The third kappa shape index (κ3) is 4.35. The Bertz CT molecular complexity index is 489. The predicted octanol–water partition coefficient (Wildman–Crippen LogP) is 2.34. The molecule has 1 amide bonds. The maximum atomic E-state index is 12.1. The van der Waals surface area contributed by atoms with Crippen LogP contribution in [0.4, 0.5) is 5.69 Å². The minimum Gasteiger partial charge on any atom is -0.488 e. The molecule has 0 aromatic heterocycles. The van der Waals surface area contributed by atoms with Crippen LogP contribution in [0.2, 0.25) is 0 Å². The zero-order valence-electron chi connectivity index (χ0n) is 12.5. The van der Waals surface area contributed by atoms with E-state index in [1.165, 1.54) is 0 Å². The molecular weight excluding hydrogens is 304 g/mol. The molecule has 122 valence electrons. The first-order valence-electron chi connectivity index (χ1n) is 7.61. The van der Waals surface area contributed by atoms with Crippen LogP contribution in [0.15, 0.2) is 24.3 Å². The van der Waals surface area contributed by atoms with Crippen molar-refractivity contribution in [3.8, 4) is 5.75 Å². The largest absolute Gasteiger partial charge is 0.488 e. The smallest absolute Gasteiger partial charge is 0.227 e. The van der Waals surface area contributed by atoms with Gasteiger partial charge in [-0.1, -0.05) is 0 Å². The first kappa shape index (κ1) is 17.1. The summed E-state index contributed by atoms with van der Waals surface area (Å²) >= 11 is 0. The van der Waals surface area contributed by atoms with Gasteiger partial charge >= 0.3 is 0 Å². The molecule has 3 atom stereocenters. The highest BCUT2D eigenvalue weighted by Crippen LogP contribution is 2.26. The highest BCUT2D eigenvalue weighted by atomic mass is 35.5. The first-order valence-corrected chi connectivity index (χ1v) is 7.61. The summed E-state index contributed by atoms with van der Waals surface area (Å²) in [5, 5.41) is 2.95. The molecule has 3 rings (SSSR count). The minimum atomic E-state index is 0. The molecule has 1 aliphatic carbocycles. The molecule has 0 bridgehead atoms. The zero-order valence-corrected chi connectivity index (χ0v) is 13.3. The Kier molecular flexibility index (Phi) is 6.06. The van der Waals surface area contributed by atoms with E-state index >= 15 is 0 Å². The molecule has 1 saturated carbocycles. The van der Waals surface area contributed by atoms with E-state index in [1.54, 1.807) is 0 Å². The molecule has 3 N–H and O–H groups in total. The van der Waals surface area contributed by atoms with Gasteiger partial charge in [0.05, 0.1) is 13.2 Å². The second-order valence-corrected chi connectivity index (χ2v) is 5.89. The number of nitrogens with one attached hydrogen (secondary N) is 1. The second-order valence-electron chi connectivity index (χ2n) is 5.89. The third-order valence-electron chi connectivity index (χ3n) is 4.16. The number of ether oxygens (including phenoxy) is 2. The molecule has 0 spiro atoms. The first-order chi connectivity index (χ1) is 10.2. The van der Waals surface area contributed by atoms with Gasteiger partial charge in [0.1, 0.15) is 11.9 Å². The fraction of sp³-hybridized carbons (Fsp3) is 0.562. The van der Waals surface area contributed by atoms with Crippen LogP contribution in [0, 0.1) is 5.92 Å². The SMILES string of the molecule is Cl.NC1CCC(C(=O)Nc2ccc(OC3CCOC3)cc2)C1. The number of carbonyl (C=O) groups excluding carboxylic acids is 1. The molecule has 1 aromatic rings. The van der Waals surface area contributed by atoms with Crippen molar-refractivity contribution in [2.24, 2.45) is 11.7 Å². The molecule has 1 saturated heterocycles. The van der Waals surface area contributed by atoms with Gasteiger partial charge in [-0.15, -0.1) is 12.4 Å². The Hall–Kier alpha value is -1.30. The van der Waals surface area contributed by atoms with E-state index < -0.39 is 0 Å². The summed E-state index contributed by atoms with van der Waals surface area (Å²) in [6.07, 6.45) is 3.68. The van der Waals surface area contributed by atoms with Crippen molar-refractivity contribution in [2.75, 3.05) is 18.5 Å². The van der Waals surface area contributed by atoms with Crippen molar-refractivity contribution >= 4 is 24.0 Å². The Morgan fingerprint density at radius 2 is 2.00 bits per heavy atom. The number of nitrogens with two attached hydrogens (primary N) is 1. The van der Waals surface area contributed by atoms with Crippen molar-refractivity contribution in [3.05, 3.63) is 24.3 Å². The molecular formula is C16H23ClN2O3. The molecule has 2 fully saturated rings. The summed E-state index contributed by atoms with van der Waals surface area (Å²) in [6.45, 7) is 1.42. The summed E-state index contributed by atoms with van der Waals surface area (Å²) in [4.78, 5) is 12.1. The van der Waals surface area contributed by atoms with E-state index in [9.17, 15) is 4.79 Å². The van der Waals surface area contributed by atoms with Gasteiger partial charge in [0.25, 0.3) is 0 Å². The topological polar surface area (TPSA) is 73.6 Å². The van der Waals surface area contributed by atoms with Crippen molar-refractivity contribution in [1.29, 1.82) is 0 Å². The zero-order chi connectivity index (χ0) is 14.7. The van der Waals surface area contributed by atoms with E-state index in [4.69, 9.17) is 15.2 Å². The lowest BCUT2D eigenvalue weighted by atomic mass is 10.1. The third-order valence-corrected chi connectivity index (χ3v) is 4.16. The summed E-state index contributed by atoms with van der Waals surface area (Å²) in [7, 11) is 0. The maximum Gasteiger partial charge on any atom is 0.227 e. The van der Waals surface area contributed by atoms with Crippen LogP contribution < -0.4 is 15.8 Å². The lowest BCUT2D eigenvalue weighted by Gasteiger charge is -2.13. The van der Waals surface area contributed by atoms with E-state index in [0.717, 1.165) is 43.7 Å².